The van der Waals surface area contributed by atoms with Crippen molar-refractivity contribution in [1.82, 2.24) is 10.6 Å². The number of halogens is 1. The molecule has 2 N–H and O–H groups in total. The monoisotopic (exact) mass is 483 g/mol. The van der Waals surface area contributed by atoms with Gasteiger partial charge in [-0.15, -0.1) is 24.0 Å². The number of hydrogen-bond acceptors (Lipinski definition) is 3. The molecule has 2 aromatic rings. The number of benzene rings is 2. The van der Waals surface area contributed by atoms with Crippen LogP contribution in [-0.4, -0.2) is 33.3 Å². The number of ether oxygens (including phenoxy) is 2. The number of aliphatic imine (C=N–C) groups is 1. The minimum Gasteiger partial charge on any atom is -0.385 e. The fraction of sp³-hybridized carbons (Fsp3) is 0.381. The molecule has 0 radical (unpaired) electrons. The molecule has 0 heterocycles. The van der Waals surface area contributed by atoms with Gasteiger partial charge < -0.3 is 20.1 Å². The fourth-order valence-corrected chi connectivity index (χ4v) is 2.55. The highest BCUT2D eigenvalue weighted by Gasteiger charge is 2.04. The van der Waals surface area contributed by atoms with Crippen molar-refractivity contribution < 1.29 is 9.47 Å². The van der Waals surface area contributed by atoms with Gasteiger partial charge in [0.05, 0.1) is 13.2 Å². The van der Waals surface area contributed by atoms with Gasteiger partial charge in [0, 0.05) is 33.9 Å². The maximum atomic E-state index is 5.88. The summed E-state index contributed by atoms with van der Waals surface area (Å²) in [4.78, 5) is 4.25. The van der Waals surface area contributed by atoms with E-state index in [1.807, 2.05) is 30.3 Å². The second-order valence-corrected chi connectivity index (χ2v) is 5.95. The summed E-state index contributed by atoms with van der Waals surface area (Å²) >= 11 is 0. The van der Waals surface area contributed by atoms with Gasteiger partial charge in [-0.1, -0.05) is 54.6 Å². The molecule has 0 aliphatic carbocycles. The topological polar surface area (TPSA) is 54.9 Å². The molecule has 0 bridgehead atoms. The van der Waals surface area contributed by atoms with E-state index < -0.39 is 0 Å². The third-order valence-electron chi connectivity index (χ3n) is 3.98. The van der Waals surface area contributed by atoms with E-state index in [1.54, 1.807) is 14.2 Å². The van der Waals surface area contributed by atoms with Crippen molar-refractivity contribution in [2.24, 2.45) is 4.99 Å². The Bertz CT molecular complexity index is 665. The van der Waals surface area contributed by atoms with Gasteiger partial charge in [0.15, 0.2) is 5.96 Å². The van der Waals surface area contributed by atoms with Gasteiger partial charge in [-0.05, 0) is 23.1 Å². The number of nitrogens with one attached hydrogen (secondary N) is 2. The highest BCUT2D eigenvalue weighted by atomic mass is 127. The molecule has 0 unspecified atom stereocenters. The van der Waals surface area contributed by atoms with Crippen LogP contribution in [0.3, 0.4) is 0 Å². The molecule has 0 saturated heterocycles. The van der Waals surface area contributed by atoms with Gasteiger partial charge in [-0.3, -0.25) is 4.99 Å². The summed E-state index contributed by atoms with van der Waals surface area (Å²) in [6.07, 6.45) is 0.946. The van der Waals surface area contributed by atoms with Crippen molar-refractivity contribution in [1.29, 1.82) is 0 Å². The number of guanidine groups is 1. The summed E-state index contributed by atoms with van der Waals surface area (Å²) in [5, 5.41) is 6.64. The van der Waals surface area contributed by atoms with Crippen LogP contribution < -0.4 is 10.6 Å². The first-order valence-electron chi connectivity index (χ1n) is 8.95. The molecule has 0 spiro atoms. The lowest BCUT2D eigenvalue weighted by Gasteiger charge is -2.14. The molecule has 0 fully saturated rings. The second kappa shape index (κ2) is 14.4. The molecule has 0 aromatic heterocycles. The summed E-state index contributed by atoms with van der Waals surface area (Å²) in [5.74, 6) is 0.793. The Balaban J connectivity index is 0.00000364. The zero-order chi connectivity index (χ0) is 18.5. The Morgan fingerprint density at radius 3 is 2.33 bits per heavy atom. The molecule has 6 heteroatoms. The number of methoxy groups -OCH3 is 1. The van der Waals surface area contributed by atoms with Crippen molar-refractivity contribution in [3.8, 4) is 0 Å². The van der Waals surface area contributed by atoms with E-state index in [4.69, 9.17) is 9.47 Å². The Kier molecular flexibility index (Phi) is 12.5. The van der Waals surface area contributed by atoms with Crippen LogP contribution in [-0.2, 0) is 29.2 Å². The second-order valence-electron chi connectivity index (χ2n) is 5.95. The molecular weight excluding hydrogens is 453 g/mol. The third kappa shape index (κ3) is 9.21. The zero-order valence-corrected chi connectivity index (χ0v) is 18.4. The normalized spacial score (nSPS) is 11.0. The molecular formula is C21H30IN3O2. The smallest absolute Gasteiger partial charge is 0.191 e. The van der Waals surface area contributed by atoms with Gasteiger partial charge in [-0.2, -0.15) is 0 Å². The summed E-state index contributed by atoms with van der Waals surface area (Å²) in [5.41, 5.74) is 3.58. The van der Waals surface area contributed by atoms with Crippen molar-refractivity contribution in [2.45, 2.75) is 26.2 Å². The largest absolute Gasteiger partial charge is 0.385 e. The Hall–Kier alpha value is -1.64. The van der Waals surface area contributed by atoms with E-state index in [2.05, 4.69) is 39.9 Å². The first kappa shape index (κ1) is 23.4. The molecule has 27 heavy (non-hydrogen) atoms. The quantitative estimate of drug-likeness (QED) is 0.234. The Morgan fingerprint density at radius 1 is 0.926 bits per heavy atom. The maximum absolute atomic E-state index is 5.88. The highest BCUT2D eigenvalue weighted by molar-refractivity contribution is 14.0. The molecule has 148 valence electrons. The lowest BCUT2D eigenvalue weighted by molar-refractivity contribution is 0.106. The molecule has 0 atom stereocenters. The highest BCUT2D eigenvalue weighted by Crippen LogP contribution is 2.11. The number of hydrogen-bond donors (Lipinski definition) is 2. The third-order valence-corrected chi connectivity index (χ3v) is 3.98. The van der Waals surface area contributed by atoms with Crippen molar-refractivity contribution in [2.75, 3.05) is 27.3 Å². The average Bonchev–Trinajstić information content (AvgIpc) is 2.69. The van der Waals surface area contributed by atoms with Crippen LogP contribution in [0.25, 0.3) is 0 Å². The van der Waals surface area contributed by atoms with E-state index in [0.29, 0.717) is 19.8 Å². The first-order valence-corrected chi connectivity index (χ1v) is 8.95. The van der Waals surface area contributed by atoms with Crippen LogP contribution in [0, 0.1) is 0 Å². The van der Waals surface area contributed by atoms with Crippen LogP contribution >= 0.6 is 24.0 Å². The first-order chi connectivity index (χ1) is 12.8. The van der Waals surface area contributed by atoms with Crippen molar-refractivity contribution in [3.05, 3.63) is 71.3 Å². The van der Waals surface area contributed by atoms with E-state index >= 15 is 0 Å². The fourth-order valence-electron chi connectivity index (χ4n) is 2.55. The van der Waals surface area contributed by atoms with Gasteiger partial charge >= 0.3 is 0 Å². The van der Waals surface area contributed by atoms with Crippen LogP contribution in [0.1, 0.15) is 23.1 Å². The minimum atomic E-state index is 0. The van der Waals surface area contributed by atoms with E-state index in [1.165, 1.54) is 16.7 Å². The molecule has 0 aliphatic rings. The molecule has 5 nitrogen and oxygen atoms in total. The van der Waals surface area contributed by atoms with Gasteiger partial charge in [0.1, 0.15) is 0 Å². The lowest BCUT2D eigenvalue weighted by atomic mass is 10.1. The molecule has 0 amide bonds. The maximum Gasteiger partial charge on any atom is 0.191 e. The summed E-state index contributed by atoms with van der Waals surface area (Å²) < 4.78 is 10.9. The summed E-state index contributed by atoms with van der Waals surface area (Å²) in [6, 6.07) is 18.5. The van der Waals surface area contributed by atoms with Crippen molar-refractivity contribution >= 4 is 29.9 Å². The van der Waals surface area contributed by atoms with Crippen LogP contribution in [0.15, 0.2) is 59.6 Å². The van der Waals surface area contributed by atoms with E-state index in [0.717, 1.165) is 25.5 Å². The van der Waals surface area contributed by atoms with Gasteiger partial charge in [0.25, 0.3) is 0 Å². The zero-order valence-electron chi connectivity index (χ0n) is 16.1. The van der Waals surface area contributed by atoms with Crippen LogP contribution in [0.5, 0.6) is 0 Å². The predicted molar refractivity (Wildman–Crippen MR) is 121 cm³/mol. The number of nitrogens with zero attached hydrogens (tertiary/aromatic N) is 1. The Labute approximate surface area is 179 Å². The summed E-state index contributed by atoms with van der Waals surface area (Å²) in [7, 11) is 3.49. The SMILES string of the molecule is CN=C(NCCCOC)NCc1ccccc1COCc1ccccc1.I. The van der Waals surface area contributed by atoms with Gasteiger partial charge in [-0.25, -0.2) is 0 Å². The number of rotatable bonds is 10. The molecule has 2 aromatic carbocycles. The molecule has 2 rings (SSSR count). The minimum absolute atomic E-state index is 0. The van der Waals surface area contributed by atoms with Crippen LogP contribution in [0.4, 0.5) is 0 Å². The standard InChI is InChI=1S/C21H29N3O2.HI/c1-22-21(23-13-8-14-25-2)24-15-19-11-6-7-12-20(19)17-26-16-18-9-4-3-5-10-18;/h3-7,9-12H,8,13-17H2,1-2H3,(H2,22,23,24);1H. The van der Waals surface area contributed by atoms with Crippen molar-refractivity contribution in [3.63, 3.8) is 0 Å². The van der Waals surface area contributed by atoms with Gasteiger partial charge in [0.2, 0.25) is 0 Å². The average molecular weight is 483 g/mol. The lowest BCUT2D eigenvalue weighted by Crippen LogP contribution is -2.37. The van der Waals surface area contributed by atoms with Crippen LogP contribution in [0.2, 0.25) is 0 Å². The molecule has 0 saturated carbocycles. The summed E-state index contributed by atoms with van der Waals surface area (Å²) in [6.45, 7) is 3.48. The Morgan fingerprint density at radius 2 is 1.63 bits per heavy atom. The molecule has 0 aliphatic heterocycles. The van der Waals surface area contributed by atoms with E-state index in [-0.39, 0.29) is 24.0 Å². The van der Waals surface area contributed by atoms with E-state index in [9.17, 15) is 0 Å². The predicted octanol–water partition coefficient (Wildman–Crippen LogP) is 3.72.